The van der Waals surface area contributed by atoms with Crippen LogP contribution in [0.2, 0.25) is 0 Å². The van der Waals surface area contributed by atoms with Crippen LogP contribution < -0.4 is 0 Å². The van der Waals surface area contributed by atoms with E-state index >= 15 is 0 Å². The van der Waals surface area contributed by atoms with Gasteiger partial charge in [0.05, 0.1) is 5.56 Å². The number of carboxylic acid groups (broad SMARTS) is 1. The maximum absolute atomic E-state index is 12.2. The molecule has 112 valence electrons. The van der Waals surface area contributed by atoms with Gasteiger partial charge in [0, 0.05) is 6.42 Å². The second kappa shape index (κ2) is 6.85. The summed E-state index contributed by atoms with van der Waals surface area (Å²) in [5.74, 6) is -0.933. The molecule has 0 aromatic heterocycles. The Kier molecular flexibility index (Phi) is 4.89. The Morgan fingerprint density at radius 2 is 1.59 bits per heavy atom. The van der Waals surface area contributed by atoms with Crippen molar-refractivity contribution in [2.24, 2.45) is 0 Å². The van der Waals surface area contributed by atoms with Crippen LogP contribution in [0.15, 0.2) is 54.1 Å². The van der Waals surface area contributed by atoms with Crippen LogP contribution in [-0.2, 0) is 11.2 Å². The summed E-state index contributed by atoms with van der Waals surface area (Å²) in [4.78, 5) is 23.0. The molecule has 2 aromatic rings. The second-order valence-corrected chi connectivity index (χ2v) is 5.34. The molecule has 0 unspecified atom stereocenters. The fourth-order valence-electron chi connectivity index (χ4n) is 2.08. The predicted octanol–water partition coefficient (Wildman–Crippen LogP) is 3.91. The van der Waals surface area contributed by atoms with E-state index in [2.05, 4.69) is 0 Å². The van der Waals surface area contributed by atoms with Crippen LogP contribution in [0, 0.1) is 6.92 Å². The normalized spacial score (nSPS) is 11.3. The number of carbonyl (C=O) groups excluding carboxylic acids is 1. The van der Waals surface area contributed by atoms with Gasteiger partial charge in [0.1, 0.15) is 0 Å². The fourth-order valence-corrected chi connectivity index (χ4v) is 2.08. The zero-order valence-electron chi connectivity index (χ0n) is 12.7. The zero-order valence-corrected chi connectivity index (χ0v) is 12.7. The molecule has 0 saturated heterocycles. The van der Waals surface area contributed by atoms with Crippen LogP contribution >= 0.6 is 0 Å². The average molecular weight is 294 g/mol. The first-order valence-corrected chi connectivity index (χ1v) is 7.06. The summed E-state index contributed by atoms with van der Waals surface area (Å²) in [5, 5.41) is 8.85. The van der Waals surface area contributed by atoms with Gasteiger partial charge in [0.25, 0.3) is 0 Å². The number of rotatable bonds is 5. The predicted molar refractivity (Wildman–Crippen MR) is 86.9 cm³/mol. The SMILES string of the molecule is C/C(=C\c1ccc(C)cc1)C(=O)Cc1ccc(C(=O)O)cc1. The minimum atomic E-state index is -0.965. The highest BCUT2D eigenvalue weighted by Gasteiger charge is 2.08. The molecular weight excluding hydrogens is 276 g/mol. The third kappa shape index (κ3) is 4.16. The first-order valence-electron chi connectivity index (χ1n) is 7.06. The maximum Gasteiger partial charge on any atom is 0.335 e. The van der Waals surface area contributed by atoms with E-state index in [1.165, 1.54) is 17.7 Å². The Labute approximate surface area is 129 Å². The summed E-state index contributed by atoms with van der Waals surface area (Å²) in [6.45, 7) is 3.82. The quantitative estimate of drug-likeness (QED) is 0.851. The molecule has 0 bridgehead atoms. The molecule has 0 heterocycles. The van der Waals surface area contributed by atoms with Crippen molar-refractivity contribution in [2.75, 3.05) is 0 Å². The lowest BCUT2D eigenvalue weighted by Crippen LogP contribution is -2.04. The van der Waals surface area contributed by atoms with Gasteiger partial charge in [-0.3, -0.25) is 4.79 Å². The van der Waals surface area contributed by atoms with E-state index in [0.717, 1.165) is 11.1 Å². The summed E-state index contributed by atoms with van der Waals surface area (Å²) in [5.41, 5.74) is 3.90. The molecule has 0 aliphatic carbocycles. The molecule has 0 atom stereocenters. The largest absolute Gasteiger partial charge is 0.478 e. The molecule has 0 aliphatic heterocycles. The molecule has 0 spiro atoms. The summed E-state index contributed by atoms with van der Waals surface area (Å²) in [7, 11) is 0. The number of benzene rings is 2. The maximum atomic E-state index is 12.2. The third-order valence-corrected chi connectivity index (χ3v) is 3.47. The number of hydrogen-bond donors (Lipinski definition) is 1. The smallest absolute Gasteiger partial charge is 0.335 e. The lowest BCUT2D eigenvalue weighted by molar-refractivity contribution is -0.114. The van der Waals surface area contributed by atoms with Crippen molar-refractivity contribution in [1.29, 1.82) is 0 Å². The summed E-state index contributed by atoms with van der Waals surface area (Å²) >= 11 is 0. The Bertz CT molecular complexity index is 707. The minimum Gasteiger partial charge on any atom is -0.478 e. The van der Waals surface area contributed by atoms with E-state index in [9.17, 15) is 9.59 Å². The van der Waals surface area contributed by atoms with Gasteiger partial charge in [-0.1, -0.05) is 42.0 Å². The van der Waals surface area contributed by atoms with Gasteiger partial charge in [-0.05, 0) is 48.8 Å². The zero-order chi connectivity index (χ0) is 16.1. The molecule has 2 rings (SSSR count). The number of Topliss-reactive ketones (excluding diaryl/α,β-unsaturated/α-hetero) is 1. The highest BCUT2D eigenvalue weighted by molar-refractivity contribution is 6.00. The van der Waals surface area contributed by atoms with Gasteiger partial charge in [0.15, 0.2) is 5.78 Å². The number of hydrogen-bond acceptors (Lipinski definition) is 2. The standard InChI is InChI=1S/C19H18O3/c1-13-3-5-15(6-4-13)11-14(2)18(20)12-16-7-9-17(10-8-16)19(21)22/h3-11H,12H2,1-2H3,(H,21,22)/b14-11+. The Morgan fingerprint density at radius 1 is 1.00 bits per heavy atom. The molecular formula is C19H18O3. The van der Waals surface area contributed by atoms with Crippen LogP contribution in [0.4, 0.5) is 0 Å². The number of aryl methyl sites for hydroxylation is 1. The van der Waals surface area contributed by atoms with Gasteiger partial charge >= 0.3 is 5.97 Å². The van der Waals surface area contributed by atoms with E-state index < -0.39 is 5.97 Å². The molecule has 3 nitrogen and oxygen atoms in total. The van der Waals surface area contributed by atoms with Gasteiger partial charge in [-0.25, -0.2) is 4.79 Å². The number of allylic oxidation sites excluding steroid dienone is 1. The fraction of sp³-hybridized carbons (Fsp3) is 0.158. The van der Waals surface area contributed by atoms with Crippen molar-refractivity contribution in [2.45, 2.75) is 20.3 Å². The molecule has 0 amide bonds. The van der Waals surface area contributed by atoms with Gasteiger partial charge in [0.2, 0.25) is 0 Å². The first-order chi connectivity index (χ1) is 10.5. The van der Waals surface area contributed by atoms with Crippen molar-refractivity contribution in [3.63, 3.8) is 0 Å². The Balaban J connectivity index is 2.07. The topological polar surface area (TPSA) is 54.4 Å². The highest BCUT2D eigenvalue weighted by Crippen LogP contribution is 2.12. The number of carbonyl (C=O) groups is 2. The number of carboxylic acids is 1. The van der Waals surface area contributed by atoms with Crippen LogP contribution in [0.25, 0.3) is 6.08 Å². The molecule has 0 radical (unpaired) electrons. The van der Waals surface area contributed by atoms with E-state index in [1.807, 2.05) is 37.3 Å². The first kappa shape index (κ1) is 15.7. The molecule has 22 heavy (non-hydrogen) atoms. The van der Waals surface area contributed by atoms with Crippen molar-refractivity contribution in [3.05, 3.63) is 76.4 Å². The monoisotopic (exact) mass is 294 g/mol. The summed E-state index contributed by atoms with van der Waals surface area (Å²) < 4.78 is 0. The number of ketones is 1. The molecule has 0 saturated carbocycles. The van der Waals surface area contributed by atoms with E-state index in [4.69, 9.17) is 5.11 Å². The Hall–Kier alpha value is -2.68. The van der Waals surface area contributed by atoms with Crippen molar-refractivity contribution in [1.82, 2.24) is 0 Å². The van der Waals surface area contributed by atoms with Crippen molar-refractivity contribution in [3.8, 4) is 0 Å². The Morgan fingerprint density at radius 3 is 2.14 bits per heavy atom. The third-order valence-electron chi connectivity index (χ3n) is 3.47. The van der Waals surface area contributed by atoms with E-state index in [-0.39, 0.29) is 17.8 Å². The average Bonchev–Trinajstić information content (AvgIpc) is 2.50. The van der Waals surface area contributed by atoms with E-state index in [0.29, 0.717) is 5.57 Å². The number of aromatic carboxylic acids is 1. The molecule has 2 aromatic carbocycles. The van der Waals surface area contributed by atoms with Crippen LogP contribution in [-0.4, -0.2) is 16.9 Å². The van der Waals surface area contributed by atoms with Crippen molar-refractivity contribution >= 4 is 17.8 Å². The van der Waals surface area contributed by atoms with Crippen molar-refractivity contribution < 1.29 is 14.7 Å². The lowest BCUT2D eigenvalue weighted by Gasteiger charge is -2.03. The van der Waals surface area contributed by atoms with Crippen LogP contribution in [0.5, 0.6) is 0 Å². The second-order valence-electron chi connectivity index (χ2n) is 5.34. The van der Waals surface area contributed by atoms with Crippen LogP contribution in [0.3, 0.4) is 0 Å². The highest BCUT2D eigenvalue weighted by atomic mass is 16.4. The molecule has 0 aliphatic rings. The summed E-state index contributed by atoms with van der Waals surface area (Å²) in [6.07, 6.45) is 2.14. The molecule has 0 fully saturated rings. The van der Waals surface area contributed by atoms with E-state index in [1.54, 1.807) is 19.1 Å². The van der Waals surface area contributed by atoms with Gasteiger partial charge < -0.3 is 5.11 Å². The van der Waals surface area contributed by atoms with Gasteiger partial charge in [-0.2, -0.15) is 0 Å². The van der Waals surface area contributed by atoms with Crippen LogP contribution in [0.1, 0.15) is 34.0 Å². The minimum absolute atomic E-state index is 0.0312. The summed E-state index contributed by atoms with van der Waals surface area (Å²) in [6, 6.07) is 14.4. The van der Waals surface area contributed by atoms with Gasteiger partial charge in [-0.15, -0.1) is 0 Å². The lowest BCUT2D eigenvalue weighted by atomic mass is 10.0. The molecule has 1 N–H and O–H groups in total. The molecule has 3 heteroatoms.